The number of piperazine rings is 1. The van der Waals surface area contributed by atoms with Gasteiger partial charge in [0.15, 0.2) is 0 Å². The van der Waals surface area contributed by atoms with Gasteiger partial charge < -0.3 is 15.0 Å². The van der Waals surface area contributed by atoms with E-state index in [0.717, 1.165) is 49.2 Å². The van der Waals surface area contributed by atoms with Gasteiger partial charge in [-0.25, -0.2) is 9.67 Å². The monoisotopic (exact) mass is 551 g/mol. The Bertz CT molecular complexity index is 1430. The number of halogens is 3. The normalized spacial score (nSPS) is 14.3. The lowest BCUT2D eigenvalue weighted by Crippen LogP contribution is -2.47. The van der Waals surface area contributed by atoms with Crippen LogP contribution >= 0.6 is 0 Å². The molecular formula is C28H28F3N7O2. The SMILES string of the molecule is COCCN1CCN(c2cccc(C(=O)Nc3ccc(-n4nc(-c5cccnc5)cc4C(F)(F)F)cn3)c2)CC1. The third kappa shape index (κ3) is 6.29. The molecule has 1 fully saturated rings. The van der Waals surface area contributed by atoms with E-state index in [-0.39, 0.29) is 23.1 Å². The van der Waals surface area contributed by atoms with Crippen LogP contribution in [0.2, 0.25) is 0 Å². The van der Waals surface area contributed by atoms with Crippen LogP contribution in [0, 0.1) is 0 Å². The van der Waals surface area contributed by atoms with Crippen molar-refractivity contribution in [2.45, 2.75) is 6.18 Å². The van der Waals surface area contributed by atoms with Crippen LogP contribution < -0.4 is 10.2 Å². The Morgan fingerprint density at radius 3 is 2.50 bits per heavy atom. The second-order valence-electron chi connectivity index (χ2n) is 9.29. The van der Waals surface area contributed by atoms with Crippen LogP contribution in [0.15, 0.2) is 73.2 Å². The third-order valence-corrected chi connectivity index (χ3v) is 6.65. The summed E-state index contributed by atoms with van der Waals surface area (Å²) in [7, 11) is 1.69. The summed E-state index contributed by atoms with van der Waals surface area (Å²) in [5.74, 6) is -0.158. The van der Waals surface area contributed by atoms with Gasteiger partial charge in [-0.3, -0.25) is 14.7 Å². The first-order chi connectivity index (χ1) is 19.3. The summed E-state index contributed by atoms with van der Waals surface area (Å²) in [5, 5.41) is 6.87. The molecule has 1 aliphatic heterocycles. The molecule has 0 radical (unpaired) electrons. The number of hydrogen-bond acceptors (Lipinski definition) is 7. The van der Waals surface area contributed by atoms with Crippen LogP contribution in [0.4, 0.5) is 24.7 Å². The van der Waals surface area contributed by atoms with Crippen molar-refractivity contribution in [1.82, 2.24) is 24.6 Å². The molecule has 1 aliphatic rings. The largest absolute Gasteiger partial charge is 0.433 e. The average molecular weight is 552 g/mol. The molecule has 0 atom stereocenters. The molecule has 9 nitrogen and oxygen atoms in total. The van der Waals surface area contributed by atoms with Crippen molar-refractivity contribution in [2.24, 2.45) is 0 Å². The molecule has 4 aromatic rings. The van der Waals surface area contributed by atoms with E-state index in [1.54, 1.807) is 25.3 Å². The van der Waals surface area contributed by atoms with Gasteiger partial charge in [-0.05, 0) is 48.5 Å². The topological polar surface area (TPSA) is 88.4 Å². The number of ether oxygens (including phenoxy) is 1. The smallest absolute Gasteiger partial charge is 0.383 e. The number of methoxy groups -OCH3 is 1. The summed E-state index contributed by atoms with van der Waals surface area (Å²) in [6, 6.07) is 14.4. The highest BCUT2D eigenvalue weighted by molar-refractivity contribution is 6.04. The molecular weight excluding hydrogens is 523 g/mol. The van der Waals surface area contributed by atoms with Crippen molar-refractivity contribution in [3.05, 3.63) is 84.4 Å². The number of alkyl halides is 3. The number of rotatable bonds is 8. The number of carbonyl (C=O) groups is 1. The fourth-order valence-electron chi connectivity index (χ4n) is 4.50. The second-order valence-corrected chi connectivity index (χ2v) is 9.29. The number of anilines is 2. The molecule has 3 aromatic heterocycles. The van der Waals surface area contributed by atoms with Crippen molar-refractivity contribution in [1.29, 1.82) is 0 Å². The highest BCUT2D eigenvalue weighted by atomic mass is 19.4. The lowest BCUT2D eigenvalue weighted by molar-refractivity contribution is -0.142. The Labute approximate surface area is 229 Å². The minimum atomic E-state index is -4.64. The fraction of sp³-hybridized carbons (Fsp3) is 0.286. The highest BCUT2D eigenvalue weighted by Crippen LogP contribution is 2.34. The average Bonchev–Trinajstić information content (AvgIpc) is 3.44. The van der Waals surface area contributed by atoms with Gasteiger partial charge in [-0.15, -0.1) is 0 Å². The molecule has 5 rings (SSSR count). The van der Waals surface area contributed by atoms with Gasteiger partial charge in [0.2, 0.25) is 0 Å². The van der Waals surface area contributed by atoms with Gasteiger partial charge in [0.05, 0.1) is 24.2 Å². The number of carbonyl (C=O) groups excluding carboxylic acids is 1. The van der Waals surface area contributed by atoms with Crippen molar-refractivity contribution < 1.29 is 22.7 Å². The summed E-state index contributed by atoms with van der Waals surface area (Å²) < 4.78 is 47.3. The van der Waals surface area contributed by atoms with Gasteiger partial charge >= 0.3 is 6.18 Å². The van der Waals surface area contributed by atoms with Crippen LogP contribution in [0.3, 0.4) is 0 Å². The Kier molecular flexibility index (Phi) is 8.08. The molecule has 1 aromatic carbocycles. The number of pyridine rings is 2. The molecule has 208 valence electrons. The van der Waals surface area contributed by atoms with Crippen molar-refractivity contribution in [3.63, 3.8) is 0 Å². The molecule has 40 heavy (non-hydrogen) atoms. The fourth-order valence-corrected chi connectivity index (χ4v) is 4.50. The predicted molar refractivity (Wildman–Crippen MR) is 145 cm³/mol. The van der Waals surface area contributed by atoms with E-state index in [1.807, 2.05) is 18.2 Å². The first-order valence-electron chi connectivity index (χ1n) is 12.7. The minimum absolute atomic E-state index is 0.104. The summed E-state index contributed by atoms with van der Waals surface area (Å²) in [5.41, 5.74) is 1.16. The molecule has 1 N–H and O–H groups in total. The molecule has 0 unspecified atom stereocenters. The number of aromatic nitrogens is 4. The highest BCUT2D eigenvalue weighted by Gasteiger charge is 2.36. The summed E-state index contributed by atoms with van der Waals surface area (Å²) >= 11 is 0. The minimum Gasteiger partial charge on any atom is -0.383 e. The maximum Gasteiger partial charge on any atom is 0.433 e. The number of benzene rings is 1. The third-order valence-electron chi connectivity index (χ3n) is 6.65. The zero-order chi connectivity index (χ0) is 28.1. The van der Waals surface area contributed by atoms with Crippen LogP contribution in [0.1, 0.15) is 16.1 Å². The van der Waals surface area contributed by atoms with Gasteiger partial charge in [-0.2, -0.15) is 18.3 Å². The molecule has 12 heteroatoms. The summed E-state index contributed by atoms with van der Waals surface area (Å²) in [4.78, 5) is 25.7. The van der Waals surface area contributed by atoms with Crippen LogP contribution in [0.25, 0.3) is 16.9 Å². The molecule has 1 amide bonds. The number of hydrogen-bond donors (Lipinski definition) is 1. The molecule has 0 saturated carbocycles. The zero-order valence-corrected chi connectivity index (χ0v) is 21.8. The maximum absolute atomic E-state index is 13.8. The van der Waals surface area contributed by atoms with E-state index >= 15 is 0 Å². The van der Waals surface area contributed by atoms with Crippen molar-refractivity contribution >= 4 is 17.4 Å². The van der Waals surface area contributed by atoms with Gasteiger partial charge in [-0.1, -0.05) is 6.07 Å². The summed E-state index contributed by atoms with van der Waals surface area (Å²) in [6.45, 7) is 5.09. The van der Waals surface area contributed by atoms with Crippen LogP contribution in [0.5, 0.6) is 0 Å². The van der Waals surface area contributed by atoms with Crippen molar-refractivity contribution in [3.8, 4) is 16.9 Å². The van der Waals surface area contributed by atoms with Gasteiger partial charge in [0.1, 0.15) is 11.5 Å². The van der Waals surface area contributed by atoms with Crippen molar-refractivity contribution in [2.75, 3.05) is 56.7 Å². The van der Waals surface area contributed by atoms with Gasteiger partial charge in [0, 0.05) is 69.0 Å². The van der Waals surface area contributed by atoms with E-state index in [1.165, 1.54) is 30.7 Å². The Morgan fingerprint density at radius 2 is 1.82 bits per heavy atom. The van der Waals surface area contributed by atoms with E-state index in [9.17, 15) is 18.0 Å². The second kappa shape index (κ2) is 11.8. The maximum atomic E-state index is 13.8. The van der Waals surface area contributed by atoms with E-state index in [4.69, 9.17) is 4.74 Å². The standard InChI is InChI=1S/C28H28F3N7O2/c1-40-15-14-36-10-12-37(13-11-36)22-6-2-4-20(16-22)27(39)34-26-8-7-23(19-33-26)38-25(28(29,30)31)17-24(35-38)21-5-3-9-32-18-21/h2-9,16-19H,10-15H2,1H3,(H,33,34,39). The predicted octanol–water partition coefficient (Wildman–Crippen LogP) is 4.37. The van der Waals surface area contributed by atoms with Gasteiger partial charge in [0.25, 0.3) is 5.91 Å². The Hall–Kier alpha value is -4.29. The molecule has 0 bridgehead atoms. The molecule has 0 spiro atoms. The van der Waals surface area contributed by atoms with Crippen LogP contribution in [-0.4, -0.2) is 77.0 Å². The number of amides is 1. The number of nitrogens with one attached hydrogen (secondary N) is 1. The molecule has 4 heterocycles. The summed E-state index contributed by atoms with van der Waals surface area (Å²) in [6.07, 6.45) is -0.419. The Morgan fingerprint density at radius 1 is 1.00 bits per heavy atom. The molecule has 1 saturated heterocycles. The zero-order valence-electron chi connectivity index (χ0n) is 21.8. The lowest BCUT2D eigenvalue weighted by Gasteiger charge is -2.36. The van der Waals surface area contributed by atoms with E-state index < -0.39 is 11.9 Å². The lowest BCUT2D eigenvalue weighted by atomic mass is 10.1. The first kappa shape index (κ1) is 27.3. The van der Waals surface area contributed by atoms with E-state index in [2.05, 4.69) is 30.2 Å². The number of nitrogens with zero attached hydrogens (tertiary/aromatic N) is 6. The quantitative estimate of drug-likeness (QED) is 0.348. The first-order valence-corrected chi connectivity index (χ1v) is 12.7. The van der Waals surface area contributed by atoms with Crippen LogP contribution in [-0.2, 0) is 10.9 Å². The van der Waals surface area contributed by atoms with E-state index in [0.29, 0.717) is 17.7 Å². The molecule has 0 aliphatic carbocycles. The Balaban J connectivity index is 1.28.